The third kappa shape index (κ3) is 4.81. The maximum Gasteiger partial charge on any atom is 2.00 e. The molecule has 0 radical (unpaired) electrons. The van der Waals surface area contributed by atoms with Crippen LogP contribution in [0.3, 0.4) is 0 Å². The van der Waals surface area contributed by atoms with E-state index in [1.165, 1.54) is 11.1 Å². The molecule has 0 saturated carbocycles. The Kier molecular flexibility index (Phi) is 7.59. The largest absolute Gasteiger partial charge is 2.00 e. The Balaban J connectivity index is 0.00000372. The second kappa shape index (κ2) is 12.5. The zero-order chi connectivity index (χ0) is 36.1. The number of nitrogens with zero attached hydrogens (tertiary/aromatic N) is 5. The molecule has 1 aliphatic rings. The molecule has 55 heavy (non-hydrogen) atoms. The van der Waals surface area contributed by atoms with Gasteiger partial charge in [-0.25, -0.2) is 9.37 Å². The Morgan fingerprint density at radius 3 is 2.25 bits per heavy atom. The Bertz CT molecular complexity index is 3130. The fourth-order valence-electron chi connectivity index (χ4n) is 8.85. The summed E-state index contributed by atoms with van der Waals surface area (Å²) < 4.78 is 21.2. The van der Waals surface area contributed by atoms with Crippen LogP contribution in [-0.2, 0) is 26.5 Å². The van der Waals surface area contributed by atoms with Crippen LogP contribution in [-0.4, -0.2) is 18.9 Å². The summed E-state index contributed by atoms with van der Waals surface area (Å²) in [4.78, 5) is 12.0. The number of alkyl halides is 1. The number of pyridine rings is 2. The van der Waals surface area contributed by atoms with Crippen LogP contribution in [0.1, 0.15) is 42.3 Å². The van der Waals surface area contributed by atoms with Crippen molar-refractivity contribution in [1.29, 1.82) is 0 Å². The number of para-hydroxylation sites is 3. The van der Waals surface area contributed by atoms with Crippen molar-refractivity contribution >= 4 is 66.3 Å². The van der Waals surface area contributed by atoms with Gasteiger partial charge >= 0.3 is 21.1 Å². The van der Waals surface area contributed by atoms with Crippen molar-refractivity contribution in [2.45, 2.75) is 25.4 Å². The van der Waals surface area contributed by atoms with Crippen molar-refractivity contribution in [1.82, 2.24) is 18.9 Å². The summed E-state index contributed by atoms with van der Waals surface area (Å²) in [6.45, 7) is 4.60. The molecule has 1 atom stereocenters. The van der Waals surface area contributed by atoms with Crippen LogP contribution in [0.2, 0.25) is 0 Å². The Morgan fingerprint density at radius 1 is 0.618 bits per heavy atom. The van der Waals surface area contributed by atoms with E-state index in [9.17, 15) is 0 Å². The van der Waals surface area contributed by atoms with Crippen LogP contribution >= 0.6 is 0 Å². The SMILES string of the molecule is CC1(C)c2ccccc2N(c2ccccc2)c2ccc3c4cccnc4n(-c4[c-]c(C(F)c5[c-]c6c(cc5)c5ccccc5n5ccnc65)ccc4)c3c21.[Pt+2]. The Hall–Kier alpha value is -6.10. The minimum Gasteiger partial charge on any atom is -0.340 e. The molecule has 0 fully saturated rings. The van der Waals surface area contributed by atoms with Crippen LogP contribution in [0, 0.1) is 12.1 Å². The molecule has 4 aromatic heterocycles. The quantitative estimate of drug-likeness (QED) is 0.131. The molecule has 1 aliphatic heterocycles. The van der Waals surface area contributed by atoms with Gasteiger partial charge in [-0.3, -0.25) is 4.98 Å². The number of halogens is 1. The zero-order valence-corrected chi connectivity index (χ0v) is 32.2. The fraction of sp³-hybridized carbons (Fsp3) is 0.0833. The van der Waals surface area contributed by atoms with Gasteiger partial charge in [0.2, 0.25) is 0 Å². The van der Waals surface area contributed by atoms with E-state index < -0.39 is 6.17 Å². The summed E-state index contributed by atoms with van der Waals surface area (Å²) in [5.74, 6) is 0. The maximum absolute atomic E-state index is 17.0. The predicted octanol–water partition coefficient (Wildman–Crippen LogP) is 11.9. The molecule has 5 heterocycles. The minimum atomic E-state index is -1.47. The number of anilines is 3. The molecule has 266 valence electrons. The van der Waals surface area contributed by atoms with Gasteiger partial charge in [0, 0.05) is 51.5 Å². The predicted molar refractivity (Wildman–Crippen MR) is 216 cm³/mol. The van der Waals surface area contributed by atoms with Crippen LogP contribution in [0.25, 0.3) is 54.9 Å². The molecule has 0 aliphatic carbocycles. The first-order valence-corrected chi connectivity index (χ1v) is 18.2. The Morgan fingerprint density at radius 2 is 1.36 bits per heavy atom. The average molecular weight is 893 g/mol. The van der Waals surface area contributed by atoms with E-state index >= 15 is 4.39 Å². The summed E-state index contributed by atoms with van der Waals surface area (Å²) in [6, 6.07) is 52.5. The van der Waals surface area contributed by atoms with Crippen molar-refractivity contribution in [3.05, 3.63) is 186 Å². The van der Waals surface area contributed by atoms with E-state index in [4.69, 9.17) is 4.98 Å². The van der Waals surface area contributed by atoms with E-state index in [1.807, 2.05) is 71.4 Å². The number of rotatable bonds is 4. The molecule has 7 heteroatoms. The minimum absolute atomic E-state index is 0. The van der Waals surface area contributed by atoms with Gasteiger partial charge in [-0.05, 0) is 53.4 Å². The number of imidazole rings is 1. The molecule has 11 rings (SSSR count). The van der Waals surface area contributed by atoms with E-state index in [-0.39, 0.29) is 26.5 Å². The van der Waals surface area contributed by atoms with Crippen LogP contribution in [0.5, 0.6) is 0 Å². The second-order valence-corrected chi connectivity index (χ2v) is 14.6. The monoisotopic (exact) mass is 892 g/mol. The van der Waals surface area contributed by atoms with E-state index in [0.717, 1.165) is 72.0 Å². The van der Waals surface area contributed by atoms with Crippen molar-refractivity contribution in [3.8, 4) is 5.69 Å². The van der Waals surface area contributed by atoms with Gasteiger partial charge in [0.15, 0.2) is 0 Å². The number of fused-ring (bicyclic) bond motifs is 12. The summed E-state index contributed by atoms with van der Waals surface area (Å²) in [6.07, 6.45) is 4.08. The topological polar surface area (TPSA) is 38.4 Å². The van der Waals surface area contributed by atoms with E-state index in [2.05, 4.69) is 119 Å². The van der Waals surface area contributed by atoms with Crippen LogP contribution in [0.4, 0.5) is 21.5 Å². The molecule has 6 aromatic carbocycles. The van der Waals surface area contributed by atoms with Crippen molar-refractivity contribution < 1.29 is 25.5 Å². The summed E-state index contributed by atoms with van der Waals surface area (Å²) in [5, 5.41) is 4.98. The molecule has 0 bridgehead atoms. The maximum atomic E-state index is 17.0. The van der Waals surface area contributed by atoms with E-state index in [1.54, 1.807) is 6.20 Å². The van der Waals surface area contributed by atoms with Gasteiger partial charge in [0.05, 0.1) is 22.5 Å². The zero-order valence-electron chi connectivity index (χ0n) is 29.9. The number of hydrogen-bond donors (Lipinski definition) is 0. The van der Waals surface area contributed by atoms with Gasteiger partial charge < -0.3 is 13.9 Å². The average Bonchev–Trinajstić information content (AvgIpc) is 3.85. The number of benzene rings is 6. The molecule has 0 amide bonds. The van der Waals surface area contributed by atoms with Crippen molar-refractivity contribution in [2.75, 3.05) is 4.90 Å². The normalized spacial score (nSPS) is 14.0. The molecule has 0 N–H and O–H groups in total. The van der Waals surface area contributed by atoms with Crippen molar-refractivity contribution in [2.24, 2.45) is 0 Å². The summed E-state index contributed by atoms with van der Waals surface area (Å²) in [7, 11) is 0. The first kappa shape index (κ1) is 33.5. The first-order chi connectivity index (χ1) is 26.5. The van der Waals surface area contributed by atoms with Crippen LogP contribution < -0.4 is 4.90 Å². The second-order valence-electron chi connectivity index (χ2n) is 14.6. The summed E-state index contributed by atoms with van der Waals surface area (Å²) in [5.41, 5.74) is 10.6. The van der Waals surface area contributed by atoms with Crippen molar-refractivity contribution in [3.63, 3.8) is 0 Å². The molecular weight excluding hydrogens is 861 g/mol. The van der Waals surface area contributed by atoms with Gasteiger partial charge in [-0.1, -0.05) is 96.5 Å². The molecule has 0 spiro atoms. The van der Waals surface area contributed by atoms with Gasteiger partial charge in [-0.2, -0.15) is 18.2 Å². The third-order valence-corrected chi connectivity index (χ3v) is 11.2. The standard InChI is InChI=1S/C48H32FN5.Pt/c1-48(2)39-18-7-9-20-41(39)53(32-13-4-3-5-14-32)42-24-23-36-37-17-11-25-50-47(37)54(45(36)43(42)48)33-15-10-12-30(28-33)44(49)31-21-22-34-35-16-6-8-19-40(35)52-27-26-51-46(52)38(34)29-31;/h3-27,44H,1-2H3;/q-2;+2. The molecule has 5 nitrogen and oxygen atoms in total. The summed E-state index contributed by atoms with van der Waals surface area (Å²) >= 11 is 0. The molecule has 1 unspecified atom stereocenters. The smallest absolute Gasteiger partial charge is 0.340 e. The van der Waals surface area contributed by atoms with Gasteiger partial charge in [0.1, 0.15) is 11.8 Å². The third-order valence-electron chi connectivity index (χ3n) is 11.2. The van der Waals surface area contributed by atoms with Gasteiger partial charge in [-0.15, -0.1) is 29.8 Å². The molecule has 10 aromatic rings. The first-order valence-electron chi connectivity index (χ1n) is 18.2. The number of hydrogen-bond acceptors (Lipinski definition) is 3. The number of aromatic nitrogens is 4. The molecule has 0 saturated heterocycles. The van der Waals surface area contributed by atoms with E-state index in [0.29, 0.717) is 11.1 Å². The fourth-order valence-corrected chi connectivity index (χ4v) is 8.85. The Labute approximate surface area is 331 Å². The van der Waals surface area contributed by atoms with Gasteiger partial charge in [0.25, 0.3) is 0 Å². The molecular formula is C48H32FN5Pt. The van der Waals surface area contributed by atoms with Crippen LogP contribution in [0.15, 0.2) is 152 Å².